The number of phenols is 2. The number of rotatable bonds is 3. The number of benzene rings is 10. The maximum absolute atomic E-state index is 11.9. The number of fused-ring (bicyclic) bond motifs is 14. The van der Waals surface area contributed by atoms with Crippen LogP contribution in [0.15, 0.2) is 191 Å². The molecule has 324 valence electrons. The SMILES string of the molecule is Oc1cc2c(c(-c3ccccc3)c1)Oc1cc3c4c5c1B2c1cc2c(oc6ccccc62)c2c1N5c1c(cc5c(oc6ccccc65)c1N2c1ccccc1)B4c1cc(O)cc(-c2ccccc2)c1O3. The summed E-state index contributed by atoms with van der Waals surface area (Å²) in [6.07, 6.45) is 0. The Morgan fingerprint density at radius 2 is 0.814 bits per heavy atom. The normalized spacial score (nSPS) is 13.9. The lowest BCUT2D eigenvalue weighted by atomic mass is 9.29. The van der Waals surface area contributed by atoms with Crippen LogP contribution < -0.4 is 52.1 Å². The van der Waals surface area contributed by atoms with Crippen molar-refractivity contribution in [3.8, 4) is 56.8 Å². The molecule has 10 aromatic carbocycles. The molecule has 0 spiro atoms. The van der Waals surface area contributed by atoms with Gasteiger partial charge in [-0.25, -0.2) is 0 Å². The molecule has 70 heavy (non-hydrogen) atoms. The van der Waals surface area contributed by atoms with Gasteiger partial charge in [0.25, 0.3) is 13.4 Å². The summed E-state index contributed by atoms with van der Waals surface area (Å²) in [7, 11) is 0. The fourth-order valence-electron chi connectivity index (χ4n) is 12.7. The third-order valence-corrected chi connectivity index (χ3v) is 15.3. The van der Waals surface area contributed by atoms with E-state index in [-0.39, 0.29) is 11.5 Å². The molecule has 7 heterocycles. The number of phenolic OH excluding ortho intramolecular Hbond substituents is 2. The van der Waals surface area contributed by atoms with Crippen LogP contribution in [-0.2, 0) is 0 Å². The summed E-state index contributed by atoms with van der Waals surface area (Å²) in [4.78, 5) is 4.80. The molecule has 2 aromatic heterocycles. The average molecular weight is 899 g/mol. The van der Waals surface area contributed by atoms with Crippen molar-refractivity contribution >= 4 is 124 Å². The van der Waals surface area contributed by atoms with Gasteiger partial charge in [0.05, 0.1) is 11.4 Å². The van der Waals surface area contributed by atoms with Crippen molar-refractivity contribution in [3.63, 3.8) is 0 Å². The zero-order valence-electron chi connectivity index (χ0n) is 36.9. The fraction of sp³-hybridized carbons (Fsp3) is 0. The lowest BCUT2D eigenvalue weighted by Crippen LogP contribution is -2.67. The highest BCUT2D eigenvalue weighted by Crippen LogP contribution is 2.62. The molecule has 17 rings (SSSR count). The molecule has 2 N–H and O–H groups in total. The van der Waals surface area contributed by atoms with Crippen molar-refractivity contribution in [3.05, 3.63) is 182 Å². The summed E-state index contributed by atoms with van der Waals surface area (Å²) in [6.45, 7) is -0.836. The van der Waals surface area contributed by atoms with Gasteiger partial charge in [-0.1, -0.05) is 127 Å². The predicted molar refractivity (Wildman–Crippen MR) is 280 cm³/mol. The predicted octanol–water partition coefficient (Wildman–Crippen LogP) is 11.4. The van der Waals surface area contributed by atoms with E-state index in [0.29, 0.717) is 23.0 Å². The second kappa shape index (κ2) is 12.8. The van der Waals surface area contributed by atoms with Gasteiger partial charge in [-0.2, -0.15) is 0 Å². The first-order valence-corrected chi connectivity index (χ1v) is 23.6. The molecule has 10 heteroatoms. The molecule has 8 nitrogen and oxygen atoms in total. The lowest BCUT2D eigenvalue weighted by Gasteiger charge is -2.51. The zero-order valence-corrected chi connectivity index (χ0v) is 36.9. The number of furan rings is 2. The van der Waals surface area contributed by atoms with E-state index in [1.807, 2.05) is 78.9 Å². The van der Waals surface area contributed by atoms with E-state index in [9.17, 15) is 10.2 Å². The van der Waals surface area contributed by atoms with Crippen molar-refractivity contribution in [2.75, 3.05) is 9.80 Å². The number of ether oxygens (including phenoxy) is 2. The van der Waals surface area contributed by atoms with Crippen molar-refractivity contribution in [1.29, 1.82) is 0 Å². The molecule has 0 atom stereocenters. The standard InChI is InChI=1S/C60H32B2N2O6/c65-34-24-38(31-14-4-1-5-15-31)57-44(26-34)61-42-28-40-36-20-10-12-22-46(36)67-59(40)55-52(42)64-53-43(29-41-37-21-11-13-23-47(37)68-60(41)56(53)63(55)33-18-8-3-9-19-33)62-45-27-35(66)25-39(32-16-6-2-7-17-32)58(45)70-49-30-48(69-57)50(61)54(64)51(49)62/h1-30,65-66H. The van der Waals surface area contributed by atoms with Crippen molar-refractivity contribution in [2.45, 2.75) is 0 Å². The van der Waals surface area contributed by atoms with Gasteiger partial charge in [-0.3, -0.25) is 0 Å². The summed E-state index contributed by atoms with van der Waals surface area (Å²) in [5.41, 5.74) is 17.7. The molecular formula is C60H32B2N2O6. The maximum atomic E-state index is 11.9. The number of hydrogen-bond donors (Lipinski definition) is 2. The van der Waals surface area contributed by atoms with Gasteiger partial charge >= 0.3 is 0 Å². The first-order valence-electron chi connectivity index (χ1n) is 23.6. The van der Waals surface area contributed by atoms with Gasteiger partial charge in [-0.15, -0.1) is 0 Å². The van der Waals surface area contributed by atoms with E-state index >= 15 is 0 Å². The van der Waals surface area contributed by atoms with Gasteiger partial charge < -0.3 is 38.3 Å². The van der Waals surface area contributed by atoms with E-state index in [4.69, 9.17) is 18.3 Å². The Balaban J connectivity index is 1.10. The monoisotopic (exact) mass is 898 g/mol. The van der Waals surface area contributed by atoms with E-state index in [2.05, 4.69) is 101 Å². The van der Waals surface area contributed by atoms with E-state index in [1.165, 1.54) is 0 Å². The highest BCUT2D eigenvalue weighted by molar-refractivity contribution is 7.04. The summed E-state index contributed by atoms with van der Waals surface area (Å²) in [5, 5.41) is 27.7. The molecule has 0 radical (unpaired) electrons. The molecule has 12 aromatic rings. The van der Waals surface area contributed by atoms with Gasteiger partial charge in [-0.05, 0) is 92.4 Å². The molecule has 0 unspecified atom stereocenters. The van der Waals surface area contributed by atoms with Crippen LogP contribution in [0.3, 0.4) is 0 Å². The Morgan fingerprint density at radius 1 is 0.371 bits per heavy atom. The third kappa shape index (κ3) is 4.49. The zero-order chi connectivity index (χ0) is 45.7. The molecule has 0 saturated heterocycles. The highest BCUT2D eigenvalue weighted by atomic mass is 16.5. The molecule has 0 aliphatic carbocycles. The molecule has 0 amide bonds. The Kier molecular flexibility index (Phi) is 6.74. The van der Waals surface area contributed by atoms with Crippen LogP contribution in [0, 0.1) is 0 Å². The minimum atomic E-state index is -0.418. The second-order valence-electron chi connectivity index (χ2n) is 19.0. The number of aromatic hydroxyl groups is 2. The first-order chi connectivity index (χ1) is 34.6. The number of para-hydroxylation sites is 3. The van der Waals surface area contributed by atoms with E-state index in [0.717, 1.165) is 133 Å². The van der Waals surface area contributed by atoms with Crippen LogP contribution in [-0.4, -0.2) is 23.6 Å². The van der Waals surface area contributed by atoms with Crippen LogP contribution in [0.2, 0.25) is 0 Å². The Hall–Kier alpha value is -9.27. The van der Waals surface area contributed by atoms with E-state index in [1.54, 1.807) is 12.1 Å². The van der Waals surface area contributed by atoms with Crippen LogP contribution in [0.1, 0.15) is 0 Å². The van der Waals surface area contributed by atoms with Gasteiger partial charge in [0.15, 0.2) is 11.2 Å². The third-order valence-electron chi connectivity index (χ3n) is 15.3. The maximum Gasteiger partial charge on any atom is 0.256 e. The van der Waals surface area contributed by atoms with Crippen LogP contribution >= 0.6 is 0 Å². The quantitative estimate of drug-likeness (QED) is 0.170. The molecule has 0 fully saturated rings. The number of nitrogens with zero attached hydrogens (tertiary/aromatic N) is 2. The summed E-state index contributed by atoms with van der Waals surface area (Å²) >= 11 is 0. The first kappa shape index (κ1) is 36.8. The Labute approximate surface area is 399 Å². The lowest BCUT2D eigenvalue weighted by molar-refractivity contribution is 0.458. The van der Waals surface area contributed by atoms with Crippen molar-refractivity contribution < 1.29 is 28.5 Å². The minimum absolute atomic E-state index is 0.146. The smallest absolute Gasteiger partial charge is 0.256 e. The molecule has 5 aliphatic heterocycles. The Bertz CT molecular complexity index is 4110. The highest BCUT2D eigenvalue weighted by Gasteiger charge is 2.56. The van der Waals surface area contributed by atoms with Gasteiger partial charge in [0, 0.05) is 50.1 Å². The average Bonchev–Trinajstić information content (AvgIpc) is 3.98. The van der Waals surface area contributed by atoms with Crippen molar-refractivity contribution in [2.24, 2.45) is 0 Å². The van der Waals surface area contributed by atoms with Crippen LogP contribution in [0.25, 0.3) is 66.1 Å². The largest absolute Gasteiger partial charge is 0.508 e. The topological polar surface area (TPSA) is 91.7 Å². The summed E-state index contributed by atoms with van der Waals surface area (Å²) in [5.74, 6) is 2.97. The minimum Gasteiger partial charge on any atom is -0.508 e. The summed E-state index contributed by atoms with van der Waals surface area (Å²) in [6, 6.07) is 61.4. The molecule has 0 saturated carbocycles. The van der Waals surface area contributed by atoms with Crippen LogP contribution in [0.5, 0.6) is 34.5 Å². The molecule has 5 aliphatic rings. The second-order valence-corrected chi connectivity index (χ2v) is 19.0. The number of hydrogen-bond acceptors (Lipinski definition) is 8. The van der Waals surface area contributed by atoms with Gasteiger partial charge in [0.2, 0.25) is 0 Å². The molecule has 0 bridgehead atoms. The molecular weight excluding hydrogens is 866 g/mol. The summed E-state index contributed by atoms with van der Waals surface area (Å²) < 4.78 is 29.0. The Morgan fingerprint density at radius 3 is 1.30 bits per heavy atom. The van der Waals surface area contributed by atoms with Gasteiger partial charge in [0.1, 0.15) is 57.0 Å². The number of anilines is 6. The van der Waals surface area contributed by atoms with E-state index < -0.39 is 13.4 Å². The van der Waals surface area contributed by atoms with Crippen LogP contribution in [0.4, 0.5) is 34.1 Å². The van der Waals surface area contributed by atoms with Crippen molar-refractivity contribution in [1.82, 2.24) is 0 Å². The fourth-order valence-corrected chi connectivity index (χ4v) is 12.7.